The molecule has 188 valence electrons. The minimum absolute atomic E-state index is 0.224. The number of nitrogens with one attached hydrogen (secondary N) is 1. The fraction of sp³-hybridized carbons (Fsp3) is 0.391. The van der Waals surface area contributed by atoms with Gasteiger partial charge >= 0.3 is 11.9 Å². The molecule has 0 amide bonds. The van der Waals surface area contributed by atoms with Crippen LogP contribution in [0, 0.1) is 13.8 Å². The largest absolute Gasteiger partial charge is 0.493 e. The molecule has 2 aromatic rings. The van der Waals surface area contributed by atoms with E-state index in [1.807, 2.05) is 44.2 Å². The topological polar surface area (TPSA) is 152 Å². The monoisotopic (exact) mass is 497 g/mol. The normalized spacial score (nSPS) is 12.0. The van der Waals surface area contributed by atoms with Crippen molar-refractivity contribution in [3.63, 3.8) is 0 Å². The summed E-state index contributed by atoms with van der Waals surface area (Å²) in [6.07, 6.45) is 1.02. The molecule has 0 radical (unpaired) electrons. The van der Waals surface area contributed by atoms with Crippen LogP contribution in [-0.2, 0) is 20.4 Å². The van der Waals surface area contributed by atoms with Gasteiger partial charge in [-0.05, 0) is 37.1 Å². The number of para-hydroxylation sites is 1. The van der Waals surface area contributed by atoms with E-state index in [1.165, 1.54) is 0 Å². The number of hydrogen-bond donors (Lipinski definition) is 4. The van der Waals surface area contributed by atoms with Gasteiger partial charge in [-0.2, -0.15) is 0 Å². The van der Waals surface area contributed by atoms with E-state index in [4.69, 9.17) is 34.0 Å². The number of benzene rings is 2. The number of ether oxygens (including phenoxy) is 3. The smallest absolute Gasteiger partial charge is 0.414 e. The Balaban J connectivity index is 0.000000852. The van der Waals surface area contributed by atoms with E-state index in [2.05, 4.69) is 5.32 Å². The maximum Gasteiger partial charge on any atom is 0.414 e. The van der Waals surface area contributed by atoms with Crippen LogP contribution in [0.5, 0.6) is 17.2 Å². The van der Waals surface area contributed by atoms with E-state index in [9.17, 15) is 9.32 Å². The first-order valence-corrected chi connectivity index (χ1v) is 11.8. The highest BCUT2D eigenvalue weighted by molar-refractivity contribution is 7.84. The predicted octanol–water partition coefficient (Wildman–Crippen LogP) is 1.61. The van der Waals surface area contributed by atoms with Gasteiger partial charge in [0, 0.05) is 30.3 Å². The Morgan fingerprint density at radius 3 is 2.21 bits per heavy atom. The van der Waals surface area contributed by atoms with Crippen molar-refractivity contribution >= 4 is 22.7 Å². The molecular weight excluding hydrogens is 466 g/mol. The van der Waals surface area contributed by atoms with Gasteiger partial charge in [0.2, 0.25) is 0 Å². The first kappa shape index (κ1) is 28.9. The van der Waals surface area contributed by atoms with Crippen LogP contribution in [0.2, 0.25) is 0 Å². The van der Waals surface area contributed by atoms with E-state index >= 15 is 0 Å². The third kappa shape index (κ3) is 10.2. The van der Waals surface area contributed by atoms with Gasteiger partial charge in [-0.25, -0.2) is 9.59 Å². The Kier molecular flexibility index (Phi) is 12.6. The lowest BCUT2D eigenvalue weighted by atomic mass is 10.2. The molecule has 0 aliphatic heterocycles. The highest BCUT2D eigenvalue weighted by Gasteiger charge is 2.12. The lowest BCUT2D eigenvalue weighted by molar-refractivity contribution is -0.159. The Bertz CT molecular complexity index is 969. The molecule has 0 heterocycles. The molecule has 34 heavy (non-hydrogen) atoms. The maximum absolute atomic E-state index is 11.7. The Hall–Kier alpha value is -3.15. The summed E-state index contributed by atoms with van der Waals surface area (Å²) < 4.78 is 28.5. The van der Waals surface area contributed by atoms with Gasteiger partial charge in [0.1, 0.15) is 25.1 Å². The van der Waals surface area contributed by atoms with Crippen LogP contribution in [-0.4, -0.2) is 77.2 Å². The second-order valence-electron chi connectivity index (χ2n) is 7.12. The predicted molar refractivity (Wildman–Crippen MR) is 126 cm³/mol. The Morgan fingerprint density at radius 2 is 1.65 bits per heavy atom. The summed E-state index contributed by atoms with van der Waals surface area (Å²) in [5, 5.41) is 28.0. The van der Waals surface area contributed by atoms with Crippen molar-refractivity contribution in [1.82, 2.24) is 5.32 Å². The molecule has 2 unspecified atom stereocenters. The highest BCUT2D eigenvalue weighted by atomic mass is 32.2. The molecule has 0 spiro atoms. The van der Waals surface area contributed by atoms with Crippen molar-refractivity contribution in [1.29, 1.82) is 0 Å². The second-order valence-corrected chi connectivity index (χ2v) is 8.46. The van der Waals surface area contributed by atoms with Crippen molar-refractivity contribution in [2.75, 3.05) is 39.7 Å². The molecule has 0 saturated heterocycles. The number of rotatable bonds is 11. The van der Waals surface area contributed by atoms with Gasteiger partial charge in [0.15, 0.2) is 11.5 Å². The van der Waals surface area contributed by atoms with Crippen LogP contribution < -0.4 is 19.5 Å². The lowest BCUT2D eigenvalue weighted by Crippen LogP contribution is -2.33. The molecule has 2 aromatic carbocycles. The fourth-order valence-corrected chi connectivity index (χ4v) is 3.48. The van der Waals surface area contributed by atoms with Gasteiger partial charge in [0.25, 0.3) is 0 Å². The number of aliphatic carboxylic acids is 2. The summed E-state index contributed by atoms with van der Waals surface area (Å²) in [6, 6.07) is 11.3. The van der Waals surface area contributed by atoms with E-state index < -0.39 is 28.8 Å². The average Bonchev–Trinajstić information content (AvgIpc) is 2.78. The number of aliphatic hydroxyl groups is 1. The Morgan fingerprint density at radius 1 is 1.00 bits per heavy atom. The van der Waals surface area contributed by atoms with E-state index in [-0.39, 0.29) is 6.61 Å². The summed E-state index contributed by atoms with van der Waals surface area (Å²) in [7, 11) is 0.479. The summed E-state index contributed by atoms with van der Waals surface area (Å²) in [4.78, 5) is 18.9. The molecule has 2 rings (SSSR count). The number of carboxylic acid groups (broad SMARTS) is 2. The number of aliphatic hydroxyl groups excluding tert-OH is 1. The van der Waals surface area contributed by atoms with Crippen molar-refractivity contribution in [3.05, 3.63) is 47.5 Å². The van der Waals surface area contributed by atoms with Crippen LogP contribution >= 0.6 is 0 Å². The quantitative estimate of drug-likeness (QED) is 0.266. The van der Waals surface area contributed by atoms with E-state index in [0.717, 1.165) is 21.8 Å². The molecule has 0 aromatic heterocycles. The highest BCUT2D eigenvalue weighted by Crippen LogP contribution is 2.31. The van der Waals surface area contributed by atoms with Crippen LogP contribution in [0.1, 0.15) is 11.1 Å². The van der Waals surface area contributed by atoms with Gasteiger partial charge in [-0.3, -0.25) is 4.21 Å². The van der Waals surface area contributed by atoms with Gasteiger partial charge in [-0.1, -0.05) is 18.2 Å². The average molecular weight is 498 g/mol. The molecule has 11 heteroatoms. The van der Waals surface area contributed by atoms with Gasteiger partial charge in [0.05, 0.1) is 17.9 Å². The molecule has 0 saturated carbocycles. The first-order valence-electron chi connectivity index (χ1n) is 10.2. The number of hydrogen-bond acceptors (Lipinski definition) is 8. The molecule has 0 aliphatic rings. The molecule has 2 atom stereocenters. The number of carboxylic acids is 2. The third-order valence-corrected chi connectivity index (χ3v) is 5.45. The first-order chi connectivity index (χ1) is 16.1. The van der Waals surface area contributed by atoms with Crippen molar-refractivity contribution in [2.45, 2.75) is 24.8 Å². The number of aryl methyl sites for hydroxylation is 2. The third-order valence-electron chi connectivity index (χ3n) is 4.40. The SMILES string of the molecule is COc1cc(S(C)=O)c(C)cc1OCCNCC(O)COc1ccccc1C.O=C(O)C(=O)O. The molecule has 0 fully saturated rings. The van der Waals surface area contributed by atoms with Crippen LogP contribution in [0.15, 0.2) is 41.3 Å². The molecule has 0 aliphatic carbocycles. The molecule has 10 nitrogen and oxygen atoms in total. The van der Waals surface area contributed by atoms with Crippen LogP contribution in [0.3, 0.4) is 0 Å². The summed E-state index contributed by atoms with van der Waals surface area (Å²) in [6.45, 7) is 5.46. The molecule has 0 bridgehead atoms. The fourth-order valence-electron chi connectivity index (χ4n) is 2.69. The van der Waals surface area contributed by atoms with E-state index in [0.29, 0.717) is 31.2 Å². The number of carbonyl (C=O) groups is 2. The second kappa shape index (κ2) is 14.9. The Labute approximate surface area is 200 Å². The zero-order chi connectivity index (χ0) is 25.7. The van der Waals surface area contributed by atoms with Crippen molar-refractivity contribution in [3.8, 4) is 17.2 Å². The summed E-state index contributed by atoms with van der Waals surface area (Å²) >= 11 is 0. The molecular formula is C23H31NO9S. The lowest BCUT2D eigenvalue weighted by Gasteiger charge is -2.16. The van der Waals surface area contributed by atoms with Gasteiger partial charge in [-0.15, -0.1) is 0 Å². The zero-order valence-corrected chi connectivity index (χ0v) is 20.4. The van der Waals surface area contributed by atoms with Gasteiger partial charge < -0.3 is 34.8 Å². The summed E-state index contributed by atoms with van der Waals surface area (Å²) in [5.74, 6) is -1.70. The van der Waals surface area contributed by atoms with Crippen molar-refractivity contribution < 1.29 is 43.3 Å². The number of methoxy groups -OCH3 is 1. The minimum atomic E-state index is -1.82. The van der Waals surface area contributed by atoms with Crippen LogP contribution in [0.4, 0.5) is 0 Å². The zero-order valence-electron chi connectivity index (χ0n) is 19.6. The maximum atomic E-state index is 11.7. The minimum Gasteiger partial charge on any atom is -0.493 e. The van der Waals surface area contributed by atoms with Crippen LogP contribution in [0.25, 0.3) is 0 Å². The van der Waals surface area contributed by atoms with E-state index in [1.54, 1.807) is 19.4 Å². The summed E-state index contributed by atoms with van der Waals surface area (Å²) in [5.41, 5.74) is 1.94. The molecule has 4 N–H and O–H groups in total. The van der Waals surface area contributed by atoms with Crippen molar-refractivity contribution in [2.24, 2.45) is 0 Å². The standard InChI is InChI=1S/C21H29NO5S.C2H2O4/c1-15-7-5-6-8-18(15)27-14-17(23)13-22-9-10-26-20-11-16(2)21(28(4)24)12-19(20)25-3;3-1(4)2(5)6/h5-8,11-12,17,22-23H,9-10,13-14H2,1-4H3;(H,3,4)(H,5,6).